The van der Waals surface area contributed by atoms with Crippen molar-refractivity contribution >= 4 is 43.5 Å². The summed E-state index contributed by atoms with van der Waals surface area (Å²) in [5, 5.41) is 5.77. The number of carbonyl (C=O) groups is 3. The van der Waals surface area contributed by atoms with Crippen LogP contribution in [0.25, 0.3) is 0 Å². The highest BCUT2D eigenvalue weighted by Gasteiger charge is 2.38. The van der Waals surface area contributed by atoms with Crippen molar-refractivity contribution in [1.82, 2.24) is 21.2 Å². The molecule has 1 heterocycles. The Balaban J connectivity index is 2.99. The number of ether oxygens (including phenoxy) is 1. The Morgan fingerprint density at radius 3 is 2.20 bits per heavy atom. The number of nitrogens with one attached hydrogen (secondary N) is 4. The summed E-state index contributed by atoms with van der Waals surface area (Å²) in [5.74, 6) is -1.27. The molecule has 10 nitrogen and oxygen atoms in total. The third-order valence-electron chi connectivity index (χ3n) is 5.28. The molecule has 12 heteroatoms. The zero-order chi connectivity index (χ0) is 27.2. The van der Waals surface area contributed by atoms with Crippen molar-refractivity contribution in [1.29, 1.82) is 0 Å². The van der Waals surface area contributed by atoms with Crippen LogP contribution in [0.5, 0.6) is 0 Å². The van der Waals surface area contributed by atoms with Gasteiger partial charge >= 0.3 is 6.09 Å². The van der Waals surface area contributed by atoms with Gasteiger partial charge in [0.2, 0.25) is 0 Å². The van der Waals surface area contributed by atoms with Crippen LogP contribution in [0.3, 0.4) is 0 Å². The van der Waals surface area contributed by atoms with E-state index in [2.05, 4.69) is 47.2 Å². The van der Waals surface area contributed by atoms with E-state index in [1.807, 2.05) is 26.9 Å². The molecular formula is C23H40ClN5O5Si. The zero-order valence-electron chi connectivity index (χ0n) is 22.4. The first-order chi connectivity index (χ1) is 15.8. The van der Waals surface area contributed by atoms with Gasteiger partial charge in [0.05, 0.1) is 17.9 Å². The van der Waals surface area contributed by atoms with Crippen LogP contribution in [-0.4, -0.2) is 55.5 Å². The molecule has 0 saturated heterocycles. The van der Waals surface area contributed by atoms with Crippen molar-refractivity contribution in [2.45, 2.75) is 91.2 Å². The van der Waals surface area contributed by atoms with Crippen LogP contribution >= 0.6 is 11.6 Å². The fourth-order valence-corrected chi connectivity index (χ4v) is 3.63. The Morgan fingerprint density at radius 1 is 1.09 bits per heavy atom. The zero-order valence-corrected chi connectivity index (χ0v) is 24.1. The van der Waals surface area contributed by atoms with Crippen LogP contribution in [0, 0.1) is 0 Å². The predicted octanol–water partition coefficient (Wildman–Crippen LogP) is 4.23. The van der Waals surface area contributed by atoms with E-state index in [1.54, 1.807) is 20.8 Å². The Morgan fingerprint density at radius 2 is 1.69 bits per heavy atom. The molecule has 0 spiro atoms. The summed E-state index contributed by atoms with van der Waals surface area (Å²) in [6, 6.07) is 0.457. The Hall–Kier alpha value is -2.37. The number of carbonyl (C=O) groups excluding carboxylic acids is 3. The Bertz CT molecular complexity index is 913. The van der Waals surface area contributed by atoms with Gasteiger partial charge in [-0.3, -0.25) is 20.4 Å². The topological polar surface area (TPSA) is 131 Å². The van der Waals surface area contributed by atoms with Crippen molar-refractivity contribution in [3.8, 4) is 0 Å². The largest absolute Gasteiger partial charge is 0.444 e. The molecule has 0 saturated carbocycles. The summed E-state index contributed by atoms with van der Waals surface area (Å²) in [6.07, 6.45) is 0.541. The van der Waals surface area contributed by atoms with Crippen molar-refractivity contribution in [2.24, 2.45) is 0 Å². The van der Waals surface area contributed by atoms with Crippen molar-refractivity contribution in [2.75, 3.05) is 11.9 Å². The third kappa shape index (κ3) is 10.4. The number of pyridine rings is 1. The van der Waals surface area contributed by atoms with Crippen LogP contribution in [-0.2, 0) is 14.0 Å². The molecular weight excluding hydrogens is 490 g/mol. The fraction of sp³-hybridized carbons (Fsp3) is 0.652. The molecule has 1 aromatic heterocycles. The SMILES string of the molecule is CC(C)Nc1cc(Cl)ncc1C(=O)NNC(=O)C(CO[Si](C)(C)C(C)(C)C)NC(=O)OC(C)(C)C. The van der Waals surface area contributed by atoms with Crippen LogP contribution in [0.1, 0.15) is 65.7 Å². The van der Waals surface area contributed by atoms with E-state index in [1.165, 1.54) is 12.3 Å². The summed E-state index contributed by atoms with van der Waals surface area (Å²) < 4.78 is 11.4. The molecule has 4 N–H and O–H groups in total. The van der Waals surface area contributed by atoms with Gasteiger partial charge < -0.3 is 19.8 Å². The van der Waals surface area contributed by atoms with Gasteiger partial charge in [0.15, 0.2) is 8.32 Å². The van der Waals surface area contributed by atoms with Crippen molar-refractivity contribution in [3.05, 3.63) is 23.0 Å². The summed E-state index contributed by atoms with van der Waals surface area (Å²) in [6.45, 7) is 19.2. The van der Waals surface area contributed by atoms with Crippen LogP contribution in [0.2, 0.25) is 23.3 Å². The average molecular weight is 530 g/mol. The van der Waals surface area contributed by atoms with E-state index >= 15 is 0 Å². The van der Waals surface area contributed by atoms with Crippen LogP contribution < -0.4 is 21.5 Å². The van der Waals surface area contributed by atoms with Gasteiger partial charge in [0, 0.05) is 12.2 Å². The lowest BCUT2D eigenvalue weighted by atomic mass is 10.2. The maximum Gasteiger partial charge on any atom is 0.408 e. The molecule has 1 aromatic rings. The van der Waals surface area contributed by atoms with E-state index in [0.29, 0.717) is 5.69 Å². The molecule has 0 bridgehead atoms. The highest BCUT2D eigenvalue weighted by molar-refractivity contribution is 6.74. The summed E-state index contributed by atoms with van der Waals surface area (Å²) >= 11 is 5.96. The average Bonchev–Trinajstić information content (AvgIpc) is 2.66. The number of hydrazine groups is 1. The lowest BCUT2D eigenvalue weighted by Crippen LogP contribution is -2.56. The molecule has 0 aliphatic heterocycles. The smallest absolute Gasteiger partial charge is 0.408 e. The number of hydrogen-bond donors (Lipinski definition) is 4. The minimum atomic E-state index is -2.23. The van der Waals surface area contributed by atoms with E-state index in [9.17, 15) is 14.4 Å². The van der Waals surface area contributed by atoms with E-state index in [-0.39, 0.29) is 28.4 Å². The van der Waals surface area contributed by atoms with Crippen molar-refractivity contribution < 1.29 is 23.5 Å². The molecule has 1 unspecified atom stereocenters. The van der Waals surface area contributed by atoms with Gasteiger partial charge in [0.25, 0.3) is 11.8 Å². The van der Waals surface area contributed by atoms with Gasteiger partial charge in [-0.2, -0.15) is 0 Å². The minimum absolute atomic E-state index is 0.0319. The normalized spacial score (nSPS) is 13.1. The fourth-order valence-electron chi connectivity index (χ4n) is 2.45. The summed E-state index contributed by atoms with van der Waals surface area (Å²) in [5.41, 5.74) is 4.63. The number of rotatable bonds is 8. The number of anilines is 1. The van der Waals surface area contributed by atoms with Gasteiger partial charge in [-0.1, -0.05) is 32.4 Å². The molecule has 1 atom stereocenters. The van der Waals surface area contributed by atoms with E-state index in [4.69, 9.17) is 20.8 Å². The van der Waals surface area contributed by atoms with Crippen molar-refractivity contribution in [3.63, 3.8) is 0 Å². The number of alkyl carbamates (subject to hydrolysis) is 1. The second-order valence-corrected chi connectivity index (χ2v) is 16.3. The van der Waals surface area contributed by atoms with Gasteiger partial charge in [-0.25, -0.2) is 9.78 Å². The lowest BCUT2D eigenvalue weighted by molar-refractivity contribution is -0.124. The Labute approximate surface area is 214 Å². The third-order valence-corrected chi connectivity index (χ3v) is 9.99. The highest BCUT2D eigenvalue weighted by Crippen LogP contribution is 2.36. The first-order valence-corrected chi connectivity index (χ1v) is 14.8. The summed E-state index contributed by atoms with van der Waals surface area (Å²) in [4.78, 5) is 42.0. The quantitative estimate of drug-likeness (QED) is 0.225. The number of aromatic nitrogens is 1. The van der Waals surface area contributed by atoms with Crippen LogP contribution in [0.15, 0.2) is 12.3 Å². The molecule has 0 aliphatic carbocycles. The molecule has 3 amide bonds. The molecule has 0 fully saturated rings. The standard InChI is InChI=1S/C23H40ClN5O5Si/c1-14(2)26-16-11-18(24)25-12-15(16)19(30)28-29-20(31)17(27-21(32)34-22(3,4)5)13-33-35(9,10)23(6,7)8/h11-12,14,17H,13H2,1-10H3,(H,25,26)(H,27,32)(H,28,30)(H,29,31). The lowest BCUT2D eigenvalue weighted by Gasteiger charge is -2.37. The highest BCUT2D eigenvalue weighted by atomic mass is 35.5. The second kappa shape index (κ2) is 12.0. The second-order valence-electron chi connectivity index (χ2n) is 11.1. The van der Waals surface area contributed by atoms with Crippen LogP contribution in [0.4, 0.5) is 10.5 Å². The molecule has 1 rings (SSSR count). The maximum absolute atomic E-state index is 13.0. The summed E-state index contributed by atoms with van der Waals surface area (Å²) in [7, 11) is -2.23. The molecule has 35 heavy (non-hydrogen) atoms. The molecule has 0 aromatic carbocycles. The number of amides is 3. The molecule has 0 radical (unpaired) electrons. The number of hydrogen-bond acceptors (Lipinski definition) is 7. The first kappa shape index (κ1) is 30.7. The number of halogens is 1. The van der Waals surface area contributed by atoms with Gasteiger partial charge in [-0.05, 0) is 58.8 Å². The Kier molecular flexibility index (Phi) is 10.6. The maximum atomic E-state index is 13.0. The van der Waals surface area contributed by atoms with E-state index < -0.39 is 37.9 Å². The number of nitrogens with zero attached hydrogens (tertiary/aromatic N) is 1. The first-order valence-electron chi connectivity index (χ1n) is 11.5. The molecule has 0 aliphatic rings. The minimum Gasteiger partial charge on any atom is -0.444 e. The molecule has 198 valence electrons. The van der Waals surface area contributed by atoms with E-state index in [0.717, 1.165) is 0 Å². The van der Waals surface area contributed by atoms with Gasteiger partial charge in [0.1, 0.15) is 16.8 Å². The monoisotopic (exact) mass is 529 g/mol. The predicted molar refractivity (Wildman–Crippen MR) is 140 cm³/mol. The van der Waals surface area contributed by atoms with Gasteiger partial charge in [-0.15, -0.1) is 0 Å².